The molecular formula is C15H22N4O2. The van der Waals surface area contributed by atoms with Crippen LogP contribution in [0, 0.1) is 6.92 Å². The van der Waals surface area contributed by atoms with Gasteiger partial charge in [0.15, 0.2) is 0 Å². The monoisotopic (exact) mass is 290 g/mol. The summed E-state index contributed by atoms with van der Waals surface area (Å²) >= 11 is 0. The smallest absolute Gasteiger partial charge is 0.119 e. The lowest BCUT2D eigenvalue weighted by Gasteiger charge is -2.14. The molecule has 2 N–H and O–H groups in total. The minimum atomic E-state index is 0.0665. The van der Waals surface area contributed by atoms with Crippen LogP contribution in [0.1, 0.15) is 18.2 Å². The van der Waals surface area contributed by atoms with E-state index >= 15 is 0 Å². The van der Waals surface area contributed by atoms with Gasteiger partial charge in [-0.3, -0.25) is 0 Å². The van der Waals surface area contributed by atoms with Gasteiger partial charge in [-0.15, -0.1) is 5.10 Å². The Kier molecular flexibility index (Phi) is 5.71. The van der Waals surface area contributed by atoms with Crippen LogP contribution in [0.5, 0.6) is 5.75 Å². The fourth-order valence-electron chi connectivity index (χ4n) is 1.82. The van der Waals surface area contributed by atoms with Crippen molar-refractivity contribution in [3.63, 3.8) is 0 Å². The van der Waals surface area contributed by atoms with E-state index in [-0.39, 0.29) is 12.6 Å². The number of nitrogens with one attached hydrogen (secondary N) is 1. The Morgan fingerprint density at radius 1 is 1.33 bits per heavy atom. The zero-order chi connectivity index (χ0) is 15.1. The summed E-state index contributed by atoms with van der Waals surface area (Å²) < 4.78 is 7.35. The van der Waals surface area contributed by atoms with Crippen LogP contribution in [0.25, 0.3) is 0 Å². The maximum Gasteiger partial charge on any atom is 0.119 e. The van der Waals surface area contributed by atoms with Crippen LogP contribution in [0.2, 0.25) is 0 Å². The van der Waals surface area contributed by atoms with E-state index in [0.29, 0.717) is 19.7 Å². The SMILES string of the molecule is Cc1ccc(OCC(C)NCc2cn(CCO)nn2)cc1. The number of rotatable bonds is 8. The summed E-state index contributed by atoms with van der Waals surface area (Å²) in [5.74, 6) is 0.878. The Labute approximate surface area is 124 Å². The van der Waals surface area contributed by atoms with Crippen LogP contribution >= 0.6 is 0 Å². The van der Waals surface area contributed by atoms with E-state index in [1.54, 1.807) is 4.68 Å². The Hall–Kier alpha value is -1.92. The van der Waals surface area contributed by atoms with Crippen molar-refractivity contribution in [2.24, 2.45) is 0 Å². The minimum absolute atomic E-state index is 0.0665. The van der Waals surface area contributed by atoms with Crippen LogP contribution in [0.4, 0.5) is 0 Å². The highest BCUT2D eigenvalue weighted by molar-refractivity contribution is 5.26. The quantitative estimate of drug-likeness (QED) is 0.762. The highest BCUT2D eigenvalue weighted by Crippen LogP contribution is 2.11. The number of ether oxygens (including phenoxy) is 1. The van der Waals surface area contributed by atoms with Gasteiger partial charge in [0.1, 0.15) is 12.4 Å². The first kappa shape index (κ1) is 15.5. The third kappa shape index (κ3) is 5.17. The topological polar surface area (TPSA) is 72.2 Å². The largest absolute Gasteiger partial charge is 0.492 e. The standard InChI is InChI=1S/C15H22N4O2/c1-12-3-5-15(6-4-12)21-11-13(2)16-9-14-10-19(7-8-20)18-17-14/h3-6,10,13,16,20H,7-9,11H2,1-2H3. The van der Waals surface area contributed by atoms with Crippen LogP contribution < -0.4 is 10.1 Å². The summed E-state index contributed by atoms with van der Waals surface area (Å²) in [6.07, 6.45) is 1.83. The molecule has 0 bridgehead atoms. The highest BCUT2D eigenvalue weighted by Gasteiger charge is 2.05. The van der Waals surface area contributed by atoms with Crippen molar-refractivity contribution >= 4 is 0 Å². The van der Waals surface area contributed by atoms with E-state index in [0.717, 1.165) is 11.4 Å². The lowest BCUT2D eigenvalue weighted by Crippen LogP contribution is -2.31. The first-order chi connectivity index (χ1) is 10.2. The van der Waals surface area contributed by atoms with E-state index in [1.165, 1.54) is 5.56 Å². The predicted molar refractivity (Wildman–Crippen MR) is 80.1 cm³/mol. The third-order valence-electron chi connectivity index (χ3n) is 3.07. The molecule has 1 aromatic carbocycles. The lowest BCUT2D eigenvalue weighted by atomic mass is 10.2. The Bertz CT molecular complexity index is 539. The van der Waals surface area contributed by atoms with Gasteiger partial charge < -0.3 is 15.2 Å². The molecule has 0 saturated carbocycles. The maximum absolute atomic E-state index is 8.82. The zero-order valence-electron chi connectivity index (χ0n) is 12.5. The molecule has 0 aliphatic carbocycles. The summed E-state index contributed by atoms with van der Waals surface area (Å²) in [7, 11) is 0. The Morgan fingerprint density at radius 3 is 2.81 bits per heavy atom. The lowest BCUT2D eigenvalue weighted by molar-refractivity contribution is 0.268. The Morgan fingerprint density at radius 2 is 2.10 bits per heavy atom. The van der Waals surface area contributed by atoms with Crippen molar-refractivity contribution in [2.75, 3.05) is 13.2 Å². The van der Waals surface area contributed by atoms with Gasteiger partial charge >= 0.3 is 0 Å². The molecule has 1 heterocycles. The average Bonchev–Trinajstić information content (AvgIpc) is 2.93. The Balaban J connectivity index is 1.71. The number of nitrogens with zero attached hydrogens (tertiary/aromatic N) is 3. The summed E-state index contributed by atoms with van der Waals surface area (Å²) in [6.45, 7) is 5.87. The molecule has 2 rings (SSSR count). The van der Waals surface area contributed by atoms with E-state index in [9.17, 15) is 0 Å². The van der Waals surface area contributed by atoms with Gasteiger partial charge in [0, 0.05) is 18.8 Å². The highest BCUT2D eigenvalue weighted by atomic mass is 16.5. The van der Waals surface area contributed by atoms with Crippen LogP contribution in [0.15, 0.2) is 30.5 Å². The summed E-state index contributed by atoms with van der Waals surface area (Å²) in [5.41, 5.74) is 2.07. The van der Waals surface area contributed by atoms with Crippen molar-refractivity contribution in [3.05, 3.63) is 41.7 Å². The van der Waals surface area contributed by atoms with Gasteiger partial charge in [-0.1, -0.05) is 22.9 Å². The van der Waals surface area contributed by atoms with Gasteiger partial charge in [0.25, 0.3) is 0 Å². The van der Waals surface area contributed by atoms with Crippen molar-refractivity contribution in [1.29, 1.82) is 0 Å². The molecule has 114 valence electrons. The number of aromatic nitrogens is 3. The molecule has 6 heteroatoms. The predicted octanol–water partition coefficient (Wildman–Crippen LogP) is 1.14. The fourth-order valence-corrected chi connectivity index (χ4v) is 1.82. The van der Waals surface area contributed by atoms with Crippen molar-refractivity contribution in [1.82, 2.24) is 20.3 Å². The minimum Gasteiger partial charge on any atom is -0.492 e. The van der Waals surface area contributed by atoms with E-state index in [1.807, 2.05) is 30.5 Å². The van der Waals surface area contributed by atoms with Gasteiger partial charge in [0.2, 0.25) is 0 Å². The molecule has 0 aliphatic rings. The van der Waals surface area contributed by atoms with Gasteiger partial charge in [-0.05, 0) is 26.0 Å². The molecule has 0 fully saturated rings. The first-order valence-electron chi connectivity index (χ1n) is 7.10. The first-order valence-corrected chi connectivity index (χ1v) is 7.10. The fraction of sp³-hybridized carbons (Fsp3) is 0.467. The van der Waals surface area contributed by atoms with Gasteiger partial charge in [-0.2, -0.15) is 0 Å². The molecular weight excluding hydrogens is 268 g/mol. The molecule has 2 aromatic rings. The summed E-state index contributed by atoms with van der Waals surface area (Å²) in [4.78, 5) is 0. The van der Waals surface area contributed by atoms with Crippen LogP contribution in [-0.4, -0.2) is 39.4 Å². The third-order valence-corrected chi connectivity index (χ3v) is 3.07. The second-order valence-electron chi connectivity index (χ2n) is 5.10. The molecule has 0 spiro atoms. The number of hydrogen-bond acceptors (Lipinski definition) is 5. The zero-order valence-corrected chi connectivity index (χ0v) is 12.5. The molecule has 0 radical (unpaired) electrons. The normalized spacial score (nSPS) is 12.3. The van der Waals surface area contributed by atoms with Crippen LogP contribution in [0.3, 0.4) is 0 Å². The molecule has 1 aromatic heterocycles. The number of hydrogen-bond donors (Lipinski definition) is 2. The maximum atomic E-state index is 8.82. The molecule has 1 atom stereocenters. The van der Waals surface area contributed by atoms with Crippen LogP contribution in [-0.2, 0) is 13.1 Å². The molecule has 0 amide bonds. The van der Waals surface area contributed by atoms with Crippen molar-refractivity contribution in [3.8, 4) is 5.75 Å². The summed E-state index contributed by atoms with van der Waals surface area (Å²) in [5, 5.41) is 20.1. The van der Waals surface area contributed by atoms with Gasteiger partial charge in [0.05, 0.1) is 18.8 Å². The number of aliphatic hydroxyl groups is 1. The van der Waals surface area contributed by atoms with Crippen molar-refractivity contribution < 1.29 is 9.84 Å². The second-order valence-corrected chi connectivity index (χ2v) is 5.10. The van der Waals surface area contributed by atoms with Crippen molar-refractivity contribution in [2.45, 2.75) is 33.0 Å². The molecule has 1 unspecified atom stereocenters. The molecule has 6 nitrogen and oxygen atoms in total. The number of benzene rings is 1. The van der Waals surface area contributed by atoms with E-state index < -0.39 is 0 Å². The molecule has 0 aliphatic heterocycles. The molecule has 21 heavy (non-hydrogen) atoms. The van der Waals surface area contributed by atoms with E-state index in [2.05, 4.69) is 29.5 Å². The number of aliphatic hydroxyl groups excluding tert-OH is 1. The van der Waals surface area contributed by atoms with Gasteiger partial charge in [-0.25, -0.2) is 4.68 Å². The molecule has 0 saturated heterocycles. The average molecular weight is 290 g/mol. The van der Waals surface area contributed by atoms with E-state index in [4.69, 9.17) is 9.84 Å². The summed E-state index contributed by atoms with van der Waals surface area (Å²) in [6, 6.07) is 8.22. The number of aryl methyl sites for hydroxylation is 1. The second kappa shape index (κ2) is 7.75.